The fourth-order valence-corrected chi connectivity index (χ4v) is 12.5. The van der Waals surface area contributed by atoms with Crippen LogP contribution >= 0.6 is 0 Å². The second kappa shape index (κ2) is 23.8. The van der Waals surface area contributed by atoms with Crippen molar-refractivity contribution in [2.24, 2.45) is 0 Å². The number of aliphatic hydroxyl groups excluding tert-OH is 1. The van der Waals surface area contributed by atoms with E-state index in [2.05, 4.69) is 69.3 Å². The quantitative estimate of drug-likeness (QED) is 0.0427. The third-order valence-electron chi connectivity index (χ3n) is 11.1. The molecule has 4 aromatic carbocycles. The van der Waals surface area contributed by atoms with E-state index < -0.39 is 39.0 Å². The Hall–Kier alpha value is -3.67. The smallest absolute Gasteiger partial charge is 0.305 e. The molecule has 1 heterocycles. The van der Waals surface area contributed by atoms with Crippen molar-refractivity contribution in [3.05, 3.63) is 132 Å². The van der Waals surface area contributed by atoms with Gasteiger partial charge in [-0.05, 0) is 39.4 Å². The van der Waals surface area contributed by atoms with Crippen LogP contribution in [0.25, 0.3) is 0 Å². The van der Waals surface area contributed by atoms with Crippen LogP contribution in [0.1, 0.15) is 96.1 Å². The lowest BCUT2D eigenvalue weighted by molar-refractivity contribution is -0.316. The van der Waals surface area contributed by atoms with Crippen molar-refractivity contribution in [3.8, 4) is 0 Å². The number of carbonyl (C=O) groups excluding carboxylic acids is 1. The first-order valence-corrected chi connectivity index (χ1v) is 23.2. The Bertz CT molecular complexity index is 1660. The molecule has 0 spiro atoms. The Labute approximate surface area is 348 Å². The van der Waals surface area contributed by atoms with E-state index in [0.29, 0.717) is 26.2 Å². The van der Waals surface area contributed by atoms with Gasteiger partial charge in [0.25, 0.3) is 8.32 Å². The van der Waals surface area contributed by atoms with Crippen LogP contribution in [0.4, 0.5) is 0 Å². The monoisotopic (exact) mass is 810 g/mol. The van der Waals surface area contributed by atoms with E-state index in [1.165, 1.54) is 30.3 Å². The van der Waals surface area contributed by atoms with Crippen molar-refractivity contribution in [2.45, 2.75) is 134 Å². The predicted octanol–water partition coefficient (Wildman–Crippen LogP) is 8.91. The Balaban J connectivity index is 1.32. The molecule has 9 heteroatoms. The van der Waals surface area contributed by atoms with E-state index in [-0.39, 0.29) is 17.6 Å². The van der Waals surface area contributed by atoms with E-state index in [1.54, 1.807) is 0 Å². The Kier molecular flexibility index (Phi) is 18.6. The molecule has 1 saturated heterocycles. The van der Waals surface area contributed by atoms with E-state index in [0.717, 1.165) is 56.1 Å². The second-order valence-corrected chi connectivity index (χ2v) is 20.7. The molecule has 0 bridgehead atoms. The van der Waals surface area contributed by atoms with Crippen molar-refractivity contribution in [2.75, 3.05) is 20.3 Å². The third-order valence-corrected chi connectivity index (χ3v) is 16.1. The minimum absolute atomic E-state index is 0.126. The highest BCUT2D eigenvalue weighted by Crippen LogP contribution is 2.38. The van der Waals surface area contributed by atoms with Gasteiger partial charge in [-0.15, -0.1) is 0 Å². The molecule has 5 rings (SSSR count). The molecule has 58 heavy (non-hydrogen) atoms. The van der Waals surface area contributed by atoms with Crippen molar-refractivity contribution < 1.29 is 38.0 Å². The average Bonchev–Trinajstić information content (AvgIpc) is 3.24. The third kappa shape index (κ3) is 13.2. The first kappa shape index (κ1) is 45.4. The molecular formula is C49H66O8Si. The van der Waals surface area contributed by atoms with Gasteiger partial charge < -0.3 is 33.2 Å². The standard InChI is InChI=1S/C49H66O8Si/c1-49(2,3)58(41-30-20-14-21-31-41,42-32-22-15-23-33-42)56-38-43-46(54-36-39-26-16-12-17-27-39)47(55-37-40-28-18-13-19-29-40)45(51)48(57-43)53-35-25-11-9-7-5-6-8-10-24-34-44(50)52-4/h12-23,26-33,43,45-48,51H,5-11,24-25,34-38H2,1-4H3/t43-,45-,46+,47-,48-/m1/s1. The highest BCUT2D eigenvalue weighted by atomic mass is 28.4. The molecule has 1 fully saturated rings. The number of unbranched alkanes of at least 4 members (excludes halogenated alkanes) is 8. The van der Waals surface area contributed by atoms with Gasteiger partial charge in [-0.3, -0.25) is 4.79 Å². The SMILES string of the molecule is COC(=O)CCCCCCCCCCCO[C@@H]1O[C@H](CO[Si](c2ccccc2)(c2ccccc2)C(C)(C)C)[C@H](OCc2ccccc2)[C@H](OCc2ccccc2)[C@H]1O. The lowest BCUT2D eigenvalue weighted by Crippen LogP contribution is -2.68. The molecule has 5 atom stereocenters. The number of hydrogen-bond acceptors (Lipinski definition) is 8. The summed E-state index contributed by atoms with van der Waals surface area (Å²) in [6.07, 6.45) is 6.11. The number of hydrogen-bond donors (Lipinski definition) is 1. The largest absolute Gasteiger partial charge is 0.469 e. The number of esters is 1. The van der Waals surface area contributed by atoms with Crippen LogP contribution in [0.5, 0.6) is 0 Å². The van der Waals surface area contributed by atoms with Crippen LogP contribution in [0.3, 0.4) is 0 Å². The maximum atomic E-state index is 12.0. The van der Waals surface area contributed by atoms with Gasteiger partial charge in [0.15, 0.2) is 6.29 Å². The summed E-state index contributed by atoms with van der Waals surface area (Å²) < 4.78 is 38.7. The molecule has 0 unspecified atom stereocenters. The molecule has 314 valence electrons. The zero-order valence-corrected chi connectivity index (χ0v) is 36.1. The van der Waals surface area contributed by atoms with Gasteiger partial charge in [0, 0.05) is 13.0 Å². The highest BCUT2D eigenvalue weighted by molar-refractivity contribution is 6.99. The van der Waals surface area contributed by atoms with Crippen molar-refractivity contribution in [1.82, 2.24) is 0 Å². The summed E-state index contributed by atoms with van der Waals surface area (Å²) in [7, 11) is -1.50. The van der Waals surface area contributed by atoms with Crippen LogP contribution < -0.4 is 10.4 Å². The normalized spacial score (nSPS) is 19.8. The number of aliphatic hydroxyl groups is 1. The van der Waals surface area contributed by atoms with Crippen LogP contribution in [0.15, 0.2) is 121 Å². The summed E-state index contributed by atoms with van der Waals surface area (Å²) in [4.78, 5) is 11.3. The first-order chi connectivity index (χ1) is 28.2. The van der Waals surface area contributed by atoms with E-state index in [4.69, 9.17) is 28.1 Å². The topological polar surface area (TPSA) is 92.7 Å². The minimum atomic E-state index is -2.94. The summed E-state index contributed by atoms with van der Waals surface area (Å²) in [5.41, 5.74) is 2.02. The summed E-state index contributed by atoms with van der Waals surface area (Å²) in [5, 5.41) is 14.1. The number of rotatable bonds is 24. The lowest BCUT2D eigenvalue weighted by atomic mass is 9.98. The second-order valence-electron chi connectivity index (χ2n) is 16.4. The molecule has 4 aromatic rings. The van der Waals surface area contributed by atoms with Gasteiger partial charge in [-0.25, -0.2) is 0 Å². The molecule has 1 aliphatic heterocycles. The van der Waals surface area contributed by atoms with Gasteiger partial charge in [0.05, 0.1) is 26.9 Å². The fraction of sp³-hybridized carbons (Fsp3) is 0.490. The predicted molar refractivity (Wildman–Crippen MR) is 232 cm³/mol. The van der Waals surface area contributed by atoms with E-state index in [9.17, 15) is 9.90 Å². The van der Waals surface area contributed by atoms with Crippen LogP contribution in [-0.2, 0) is 46.1 Å². The summed E-state index contributed by atoms with van der Waals surface area (Å²) in [6.45, 7) is 8.08. The lowest BCUT2D eigenvalue weighted by Gasteiger charge is -2.47. The van der Waals surface area contributed by atoms with E-state index in [1.807, 2.05) is 72.8 Å². The molecule has 8 nitrogen and oxygen atoms in total. The van der Waals surface area contributed by atoms with E-state index >= 15 is 0 Å². The van der Waals surface area contributed by atoms with Gasteiger partial charge in [0.1, 0.15) is 24.4 Å². The zero-order chi connectivity index (χ0) is 41.1. The van der Waals surface area contributed by atoms with Crippen molar-refractivity contribution >= 4 is 24.7 Å². The molecular weight excluding hydrogens is 745 g/mol. The van der Waals surface area contributed by atoms with Gasteiger partial charge >= 0.3 is 5.97 Å². The number of benzene rings is 4. The van der Waals surface area contributed by atoms with Crippen molar-refractivity contribution in [1.29, 1.82) is 0 Å². The summed E-state index contributed by atoms with van der Waals surface area (Å²) >= 11 is 0. The molecule has 0 aliphatic carbocycles. The molecule has 0 saturated carbocycles. The van der Waals surface area contributed by atoms with Gasteiger partial charge in [-0.1, -0.05) is 187 Å². The van der Waals surface area contributed by atoms with Gasteiger partial charge in [-0.2, -0.15) is 0 Å². The summed E-state index contributed by atoms with van der Waals surface area (Å²) in [6, 6.07) is 41.2. The van der Waals surface area contributed by atoms with Gasteiger partial charge in [0.2, 0.25) is 0 Å². The van der Waals surface area contributed by atoms with Crippen molar-refractivity contribution in [3.63, 3.8) is 0 Å². The first-order valence-electron chi connectivity index (χ1n) is 21.3. The number of methoxy groups -OCH3 is 1. The maximum absolute atomic E-state index is 12.0. The number of ether oxygens (including phenoxy) is 5. The molecule has 0 amide bonds. The fourth-order valence-electron chi connectivity index (χ4n) is 7.97. The Morgan fingerprint density at radius 2 is 1.07 bits per heavy atom. The average molecular weight is 811 g/mol. The minimum Gasteiger partial charge on any atom is -0.469 e. The molecule has 0 aromatic heterocycles. The zero-order valence-electron chi connectivity index (χ0n) is 35.1. The number of carbonyl (C=O) groups is 1. The summed E-state index contributed by atoms with van der Waals surface area (Å²) in [5.74, 6) is -0.126. The van der Waals surface area contributed by atoms with Crippen LogP contribution in [-0.4, -0.2) is 70.4 Å². The maximum Gasteiger partial charge on any atom is 0.305 e. The highest BCUT2D eigenvalue weighted by Gasteiger charge is 2.53. The Morgan fingerprint density at radius 3 is 1.55 bits per heavy atom. The Morgan fingerprint density at radius 1 is 0.621 bits per heavy atom. The molecule has 0 radical (unpaired) electrons. The van der Waals surface area contributed by atoms with Crippen LogP contribution in [0.2, 0.25) is 5.04 Å². The molecule has 1 aliphatic rings. The van der Waals surface area contributed by atoms with Crippen LogP contribution in [0, 0.1) is 0 Å². The molecule has 1 N–H and O–H groups in total.